The molecule has 8 heteroatoms. The molecule has 1 aromatic rings. The van der Waals surface area contributed by atoms with Crippen molar-refractivity contribution in [2.24, 2.45) is 24.1 Å². The number of hydrogen-bond acceptors (Lipinski definition) is 3. The Labute approximate surface area is 107 Å². The van der Waals surface area contributed by atoms with Crippen LogP contribution in [0.2, 0.25) is 0 Å². The van der Waals surface area contributed by atoms with Gasteiger partial charge in [0.15, 0.2) is 0 Å². The fourth-order valence-electron chi connectivity index (χ4n) is 2.17. The van der Waals surface area contributed by atoms with Gasteiger partial charge in [-0.2, -0.15) is 0 Å². The Bertz CT molecular complexity index is 806. The molecule has 0 aliphatic carbocycles. The van der Waals surface area contributed by atoms with Crippen LogP contribution in [0.3, 0.4) is 0 Å². The molecular weight excluding hydrogens is 250 g/mol. The van der Waals surface area contributed by atoms with Gasteiger partial charge >= 0.3 is 17.2 Å². The molecule has 19 heavy (non-hydrogen) atoms. The molecule has 2 aliphatic rings. The van der Waals surface area contributed by atoms with Gasteiger partial charge in [0.05, 0.1) is 26.3 Å². The van der Waals surface area contributed by atoms with Crippen LogP contribution in [0.4, 0.5) is 0 Å². The van der Waals surface area contributed by atoms with E-state index in [-0.39, 0.29) is 5.36 Å². The summed E-state index contributed by atoms with van der Waals surface area (Å²) in [6.45, 7) is 2.60. The maximum Gasteiger partial charge on any atom is 0.431 e. The maximum absolute atomic E-state index is 12.0. The monoisotopic (exact) mass is 264 g/mol. The smallest absolute Gasteiger partial charge is 0.375 e. The second-order valence-corrected chi connectivity index (χ2v) is 4.50. The molecule has 0 radical (unpaired) electrons. The number of morpholine rings is 1. The van der Waals surface area contributed by atoms with Crippen LogP contribution in [0.1, 0.15) is 0 Å². The molecule has 0 unspecified atom stereocenters. The summed E-state index contributed by atoms with van der Waals surface area (Å²) in [5.74, 6) is 0.483. The number of aromatic nitrogens is 2. The molecule has 0 amide bonds. The lowest BCUT2D eigenvalue weighted by Gasteiger charge is -2.13. The maximum atomic E-state index is 12.0. The van der Waals surface area contributed by atoms with E-state index in [9.17, 15) is 9.59 Å². The predicted octanol–water partition coefficient (Wildman–Crippen LogP) is -3.26. The third-order valence-electron chi connectivity index (χ3n) is 3.32. The van der Waals surface area contributed by atoms with E-state index in [2.05, 4.69) is 9.98 Å². The Hall–Kier alpha value is -2.09. The second-order valence-electron chi connectivity index (χ2n) is 4.50. The molecule has 0 N–H and O–H groups in total. The van der Waals surface area contributed by atoms with Crippen LogP contribution in [0.5, 0.6) is 0 Å². The minimum Gasteiger partial charge on any atom is -0.375 e. The summed E-state index contributed by atoms with van der Waals surface area (Å²) in [4.78, 5) is 32.4. The first-order chi connectivity index (χ1) is 9.09. The Balaban J connectivity index is 2.32. The summed E-state index contributed by atoms with van der Waals surface area (Å²) in [6.07, 6.45) is 0. The minimum atomic E-state index is -0.412. The summed E-state index contributed by atoms with van der Waals surface area (Å²) in [7, 11) is 3.02. The first kappa shape index (κ1) is 12.0. The van der Waals surface area contributed by atoms with Crippen molar-refractivity contribution in [3.05, 3.63) is 31.7 Å². The zero-order valence-corrected chi connectivity index (χ0v) is 10.8. The number of hydrogen-bond donors (Lipinski definition) is 0. The first-order valence-electron chi connectivity index (χ1n) is 6.02. The van der Waals surface area contributed by atoms with Crippen LogP contribution >= 0.6 is 0 Å². The van der Waals surface area contributed by atoms with Crippen LogP contribution in [0.25, 0.3) is 0 Å². The van der Waals surface area contributed by atoms with Gasteiger partial charge in [0.1, 0.15) is 0 Å². The van der Waals surface area contributed by atoms with E-state index in [0.717, 1.165) is 4.57 Å². The number of nitrogens with zero attached hydrogens (tertiary/aromatic N) is 5. The average Bonchev–Trinajstić information content (AvgIpc) is 2.89. The molecule has 3 heterocycles. The van der Waals surface area contributed by atoms with Crippen LogP contribution in [0.15, 0.2) is 19.6 Å². The van der Waals surface area contributed by atoms with Crippen LogP contribution in [0, 0.1) is 0 Å². The summed E-state index contributed by atoms with van der Waals surface area (Å²) < 4.78 is 9.60. The quantitative estimate of drug-likeness (QED) is 0.461. The van der Waals surface area contributed by atoms with Gasteiger partial charge in [0.25, 0.3) is 10.8 Å². The Kier molecular flexibility index (Phi) is 2.67. The van der Waals surface area contributed by atoms with Gasteiger partial charge in [0, 0.05) is 14.1 Å². The SMILES string of the molecule is Cn1c(=O)c2c(n(C)c1=O)=NC(=[N+]1CCOCC1)N=2. The lowest BCUT2D eigenvalue weighted by molar-refractivity contribution is -0.550. The van der Waals surface area contributed by atoms with Crippen LogP contribution in [-0.4, -0.2) is 46.0 Å². The Morgan fingerprint density at radius 1 is 1.11 bits per heavy atom. The van der Waals surface area contributed by atoms with Crippen molar-refractivity contribution in [2.75, 3.05) is 26.3 Å². The van der Waals surface area contributed by atoms with Gasteiger partial charge in [0.2, 0.25) is 0 Å². The van der Waals surface area contributed by atoms with Gasteiger partial charge in [-0.25, -0.2) is 4.79 Å². The number of rotatable bonds is 0. The van der Waals surface area contributed by atoms with E-state index in [1.807, 2.05) is 4.58 Å². The molecule has 1 fully saturated rings. The van der Waals surface area contributed by atoms with Gasteiger partial charge in [-0.3, -0.25) is 18.5 Å². The van der Waals surface area contributed by atoms with Crippen molar-refractivity contribution in [3.63, 3.8) is 0 Å². The molecule has 0 aromatic carbocycles. The molecule has 1 aromatic heterocycles. The molecule has 1 saturated heterocycles. The molecule has 100 valence electrons. The number of ether oxygens (including phenoxy) is 1. The second kappa shape index (κ2) is 4.23. The van der Waals surface area contributed by atoms with Crippen LogP contribution < -0.4 is 22.1 Å². The van der Waals surface area contributed by atoms with Crippen molar-refractivity contribution in [1.29, 1.82) is 0 Å². The highest BCUT2D eigenvalue weighted by Gasteiger charge is 2.25. The molecule has 8 nitrogen and oxygen atoms in total. The summed E-state index contributed by atoms with van der Waals surface area (Å²) in [5.41, 5.74) is -0.481. The minimum absolute atomic E-state index is 0.228. The molecule has 3 rings (SSSR count). The summed E-state index contributed by atoms with van der Waals surface area (Å²) >= 11 is 0. The summed E-state index contributed by atoms with van der Waals surface area (Å²) in [5, 5.41) is 0.228. The van der Waals surface area contributed by atoms with E-state index in [0.29, 0.717) is 37.8 Å². The highest BCUT2D eigenvalue weighted by atomic mass is 16.5. The largest absolute Gasteiger partial charge is 0.431 e. The predicted molar refractivity (Wildman–Crippen MR) is 65.1 cm³/mol. The van der Waals surface area contributed by atoms with Gasteiger partial charge in [-0.1, -0.05) is 4.99 Å². The molecule has 0 bridgehead atoms. The molecule has 0 saturated carbocycles. The van der Waals surface area contributed by atoms with E-state index in [1.54, 1.807) is 7.05 Å². The highest BCUT2D eigenvalue weighted by molar-refractivity contribution is 5.78. The standard InChI is InChI=1S/C11H14N5O3/c1-14-8-7(9(17)15(2)11(14)18)12-10(13-8)16-3-5-19-6-4-16/h3-6H2,1-2H3/q+1. The van der Waals surface area contributed by atoms with E-state index in [4.69, 9.17) is 4.74 Å². The third kappa shape index (κ3) is 1.75. The highest BCUT2D eigenvalue weighted by Crippen LogP contribution is 1.93. The van der Waals surface area contributed by atoms with Crippen molar-refractivity contribution in [3.8, 4) is 0 Å². The van der Waals surface area contributed by atoms with E-state index >= 15 is 0 Å². The Morgan fingerprint density at radius 3 is 2.47 bits per heavy atom. The zero-order valence-electron chi connectivity index (χ0n) is 10.8. The van der Waals surface area contributed by atoms with Gasteiger partial charge in [-0.15, -0.1) is 0 Å². The Morgan fingerprint density at radius 2 is 1.79 bits per heavy atom. The van der Waals surface area contributed by atoms with E-state index in [1.165, 1.54) is 11.6 Å². The fourth-order valence-corrected chi connectivity index (χ4v) is 2.17. The van der Waals surface area contributed by atoms with Gasteiger partial charge in [-0.05, 0) is 4.99 Å². The average molecular weight is 264 g/mol. The lowest BCUT2D eigenvalue weighted by Crippen LogP contribution is -2.55. The first-order valence-corrected chi connectivity index (χ1v) is 6.02. The topological polar surface area (TPSA) is 81.0 Å². The zero-order chi connectivity index (χ0) is 13.6. The number of guanidine groups is 1. The summed E-state index contributed by atoms with van der Waals surface area (Å²) in [6, 6.07) is 0. The lowest BCUT2D eigenvalue weighted by atomic mass is 10.5. The third-order valence-corrected chi connectivity index (χ3v) is 3.32. The van der Waals surface area contributed by atoms with Crippen molar-refractivity contribution >= 4 is 5.96 Å². The van der Waals surface area contributed by atoms with Crippen molar-refractivity contribution in [1.82, 2.24) is 9.13 Å². The van der Waals surface area contributed by atoms with E-state index < -0.39 is 11.2 Å². The van der Waals surface area contributed by atoms with Crippen LogP contribution in [-0.2, 0) is 18.8 Å². The molecular formula is C11H14N5O3+. The number of fused-ring (bicyclic) bond motifs is 1. The van der Waals surface area contributed by atoms with Crippen molar-refractivity contribution < 1.29 is 9.31 Å². The molecule has 2 aliphatic heterocycles. The normalized spacial score (nSPS) is 18.0. The fraction of sp³-hybridized carbons (Fsp3) is 0.545. The van der Waals surface area contributed by atoms with Crippen molar-refractivity contribution in [2.45, 2.75) is 0 Å². The molecule has 0 spiro atoms. The molecule has 0 atom stereocenters. The van der Waals surface area contributed by atoms with Gasteiger partial charge < -0.3 is 4.74 Å².